The molecule has 0 aliphatic rings. The van der Waals surface area contributed by atoms with Crippen molar-refractivity contribution in [1.82, 2.24) is 9.97 Å². The van der Waals surface area contributed by atoms with Crippen LogP contribution in [0.25, 0.3) is 0 Å². The van der Waals surface area contributed by atoms with Crippen molar-refractivity contribution in [1.29, 1.82) is 0 Å². The van der Waals surface area contributed by atoms with Gasteiger partial charge in [-0.25, -0.2) is 9.97 Å². The lowest BCUT2D eigenvalue weighted by Gasteiger charge is -2.23. The van der Waals surface area contributed by atoms with Gasteiger partial charge in [0.25, 0.3) is 5.91 Å². The summed E-state index contributed by atoms with van der Waals surface area (Å²) in [6.07, 6.45) is 0.990. The maximum Gasteiger partial charge on any atom is 0.274 e. The minimum absolute atomic E-state index is 0.0562. The van der Waals surface area contributed by atoms with Crippen LogP contribution < -0.4 is 10.6 Å². The SMILES string of the molecule is CCCNc1cc(C(=O)Nc2ccccc2C(C)(C)C)nc(C)n1. The number of anilines is 2. The molecule has 1 aromatic heterocycles. The summed E-state index contributed by atoms with van der Waals surface area (Å²) in [5, 5.41) is 6.19. The number of aryl methyl sites for hydroxylation is 1. The summed E-state index contributed by atoms with van der Waals surface area (Å²) < 4.78 is 0. The Hall–Kier alpha value is -2.43. The summed E-state index contributed by atoms with van der Waals surface area (Å²) in [6.45, 7) is 11.1. The third-order valence-electron chi connectivity index (χ3n) is 3.61. The molecule has 0 radical (unpaired) electrons. The van der Waals surface area contributed by atoms with Crippen LogP contribution in [0.5, 0.6) is 0 Å². The molecule has 0 aliphatic heterocycles. The second-order valence-corrected chi connectivity index (χ2v) is 6.86. The van der Waals surface area contributed by atoms with Crippen LogP contribution in [0, 0.1) is 6.92 Å². The van der Waals surface area contributed by atoms with Crippen LogP contribution in [0.2, 0.25) is 0 Å². The van der Waals surface area contributed by atoms with Crippen molar-refractivity contribution in [2.24, 2.45) is 0 Å². The molecule has 24 heavy (non-hydrogen) atoms. The lowest BCUT2D eigenvalue weighted by Crippen LogP contribution is -2.20. The van der Waals surface area contributed by atoms with E-state index in [-0.39, 0.29) is 11.3 Å². The Morgan fingerprint density at radius 2 is 1.88 bits per heavy atom. The number of carbonyl (C=O) groups excluding carboxylic acids is 1. The summed E-state index contributed by atoms with van der Waals surface area (Å²) in [6, 6.07) is 9.55. The van der Waals surface area contributed by atoms with Crippen LogP contribution in [0.1, 0.15) is 56.0 Å². The van der Waals surface area contributed by atoms with Crippen molar-refractivity contribution in [2.45, 2.75) is 46.5 Å². The van der Waals surface area contributed by atoms with Gasteiger partial charge in [-0.15, -0.1) is 0 Å². The Labute approximate surface area is 143 Å². The molecule has 1 amide bonds. The van der Waals surface area contributed by atoms with Gasteiger partial charge >= 0.3 is 0 Å². The predicted molar refractivity (Wildman–Crippen MR) is 98.6 cm³/mol. The van der Waals surface area contributed by atoms with E-state index in [4.69, 9.17) is 0 Å². The number of amides is 1. The zero-order chi connectivity index (χ0) is 17.7. The van der Waals surface area contributed by atoms with E-state index in [1.165, 1.54) is 0 Å². The highest BCUT2D eigenvalue weighted by Gasteiger charge is 2.19. The second-order valence-electron chi connectivity index (χ2n) is 6.86. The molecule has 2 N–H and O–H groups in total. The van der Waals surface area contributed by atoms with Crippen molar-refractivity contribution in [3.8, 4) is 0 Å². The first kappa shape index (κ1) is 17.9. The van der Waals surface area contributed by atoms with Gasteiger partial charge in [-0.2, -0.15) is 0 Å². The highest BCUT2D eigenvalue weighted by molar-refractivity contribution is 6.03. The highest BCUT2D eigenvalue weighted by atomic mass is 16.1. The van der Waals surface area contributed by atoms with Crippen LogP contribution >= 0.6 is 0 Å². The minimum atomic E-state index is -0.225. The van der Waals surface area contributed by atoms with Gasteiger partial charge in [0.2, 0.25) is 0 Å². The number of para-hydroxylation sites is 1. The number of hydrogen-bond acceptors (Lipinski definition) is 4. The molecule has 5 nitrogen and oxygen atoms in total. The number of rotatable bonds is 5. The molecular weight excluding hydrogens is 300 g/mol. The van der Waals surface area contributed by atoms with E-state index >= 15 is 0 Å². The Morgan fingerprint density at radius 3 is 2.54 bits per heavy atom. The Kier molecular flexibility index (Phi) is 5.54. The number of aromatic nitrogens is 2. The van der Waals surface area contributed by atoms with Crippen LogP contribution in [-0.2, 0) is 5.41 Å². The molecule has 2 aromatic rings. The van der Waals surface area contributed by atoms with Crippen molar-refractivity contribution in [2.75, 3.05) is 17.2 Å². The number of nitrogens with zero attached hydrogens (tertiary/aromatic N) is 2. The fraction of sp³-hybridized carbons (Fsp3) is 0.421. The molecule has 0 saturated heterocycles. The molecule has 0 aliphatic carbocycles. The molecule has 0 atom stereocenters. The molecule has 0 bridgehead atoms. The third kappa shape index (κ3) is 4.54. The topological polar surface area (TPSA) is 66.9 Å². The van der Waals surface area contributed by atoms with Crippen LogP contribution in [0.3, 0.4) is 0 Å². The fourth-order valence-corrected chi connectivity index (χ4v) is 2.46. The molecule has 0 saturated carbocycles. The van der Waals surface area contributed by atoms with E-state index < -0.39 is 0 Å². The normalized spacial score (nSPS) is 11.2. The van der Waals surface area contributed by atoms with Gasteiger partial charge in [-0.05, 0) is 30.4 Å². The number of nitrogens with one attached hydrogen (secondary N) is 2. The summed E-state index contributed by atoms with van der Waals surface area (Å²) >= 11 is 0. The van der Waals surface area contributed by atoms with Gasteiger partial charge in [-0.1, -0.05) is 45.9 Å². The molecule has 0 unspecified atom stereocenters. The van der Waals surface area contributed by atoms with Gasteiger partial charge in [0.05, 0.1) is 0 Å². The molecule has 2 rings (SSSR count). The van der Waals surface area contributed by atoms with Gasteiger partial charge in [0.1, 0.15) is 17.3 Å². The first-order chi connectivity index (χ1) is 11.3. The predicted octanol–water partition coefficient (Wildman–Crippen LogP) is 4.16. The Balaban J connectivity index is 2.26. The lowest BCUT2D eigenvalue weighted by molar-refractivity contribution is 0.102. The average Bonchev–Trinajstić information content (AvgIpc) is 2.52. The third-order valence-corrected chi connectivity index (χ3v) is 3.61. The highest BCUT2D eigenvalue weighted by Crippen LogP contribution is 2.29. The molecule has 1 aromatic carbocycles. The van der Waals surface area contributed by atoms with Gasteiger partial charge < -0.3 is 10.6 Å². The largest absolute Gasteiger partial charge is 0.370 e. The fourth-order valence-electron chi connectivity index (χ4n) is 2.46. The average molecular weight is 326 g/mol. The first-order valence-electron chi connectivity index (χ1n) is 8.31. The van der Waals surface area contributed by atoms with Crippen molar-refractivity contribution in [3.63, 3.8) is 0 Å². The Morgan fingerprint density at radius 1 is 1.17 bits per heavy atom. The maximum absolute atomic E-state index is 12.6. The zero-order valence-corrected chi connectivity index (χ0v) is 15.1. The summed E-state index contributed by atoms with van der Waals surface area (Å²) in [5.74, 6) is 1.03. The van der Waals surface area contributed by atoms with Gasteiger partial charge in [0, 0.05) is 18.3 Å². The van der Waals surface area contributed by atoms with E-state index in [1.54, 1.807) is 13.0 Å². The van der Waals surface area contributed by atoms with Crippen LogP contribution in [-0.4, -0.2) is 22.4 Å². The molecule has 1 heterocycles. The number of carbonyl (C=O) groups is 1. The van der Waals surface area contributed by atoms with Gasteiger partial charge in [-0.3, -0.25) is 4.79 Å². The minimum Gasteiger partial charge on any atom is -0.370 e. The molecule has 0 spiro atoms. The molecule has 5 heteroatoms. The van der Waals surface area contributed by atoms with Crippen molar-refractivity contribution in [3.05, 3.63) is 47.4 Å². The second kappa shape index (κ2) is 7.43. The van der Waals surface area contributed by atoms with E-state index in [9.17, 15) is 4.79 Å². The van der Waals surface area contributed by atoms with Crippen molar-refractivity contribution < 1.29 is 4.79 Å². The standard InChI is InChI=1S/C19H26N4O/c1-6-11-20-17-12-16(21-13(2)22-17)18(24)23-15-10-8-7-9-14(15)19(3,4)5/h7-10,12H,6,11H2,1-5H3,(H,23,24)(H,20,21,22). The van der Waals surface area contributed by atoms with Crippen LogP contribution in [0.4, 0.5) is 11.5 Å². The molecule has 0 fully saturated rings. The van der Waals surface area contributed by atoms with Gasteiger partial charge in [0.15, 0.2) is 0 Å². The quantitative estimate of drug-likeness (QED) is 0.866. The number of benzene rings is 1. The first-order valence-corrected chi connectivity index (χ1v) is 8.31. The zero-order valence-electron chi connectivity index (χ0n) is 15.1. The van der Waals surface area contributed by atoms with Crippen LogP contribution in [0.15, 0.2) is 30.3 Å². The summed E-state index contributed by atoms with van der Waals surface area (Å²) in [4.78, 5) is 21.2. The van der Waals surface area contributed by atoms with E-state index in [0.29, 0.717) is 17.3 Å². The lowest BCUT2D eigenvalue weighted by atomic mass is 9.86. The van der Waals surface area contributed by atoms with E-state index in [1.807, 2.05) is 24.3 Å². The smallest absolute Gasteiger partial charge is 0.274 e. The molecule has 128 valence electrons. The number of hydrogen-bond donors (Lipinski definition) is 2. The van der Waals surface area contributed by atoms with E-state index in [2.05, 4.69) is 48.3 Å². The van der Waals surface area contributed by atoms with E-state index in [0.717, 1.165) is 24.2 Å². The Bertz CT molecular complexity index is 720. The monoisotopic (exact) mass is 326 g/mol. The van der Waals surface area contributed by atoms with Crippen molar-refractivity contribution >= 4 is 17.4 Å². The summed E-state index contributed by atoms with van der Waals surface area (Å²) in [5.41, 5.74) is 2.21. The maximum atomic E-state index is 12.6. The summed E-state index contributed by atoms with van der Waals surface area (Å²) in [7, 11) is 0. The molecular formula is C19H26N4O.